The summed E-state index contributed by atoms with van der Waals surface area (Å²) in [5.74, 6) is 0.0383. The molecule has 3 nitrogen and oxygen atoms in total. The van der Waals surface area contributed by atoms with Crippen LogP contribution in [0.1, 0.15) is 34.6 Å². The molecule has 3 rings (SSSR count). The molecule has 2 aromatic rings. The lowest BCUT2D eigenvalue weighted by Crippen LogP contribution is -2.37. The third kappa shape index (κ3) is 1.32. The first-order valence-electron chi connectivity index (χ1n) is 5.99. The molecule has 0 spiro atoms. The fourth-order valence-corrected chi connectivity index (χ4v) is 2.65. The summed E-state index contributed by atoms with van der Waals surface area (Å²) in [5, 5.41) is 4.08. The number of fused-ring (bicyclic) bond motifs is 3. The number of nitrogens with zero attached hydrogens (tertiary/aromatic N) is 1. The lowest BCUT2D eigenvalue weighted by Gasteiger charge is -2.24. The number of hydrogen-bond donors (Lipinski definition) is 1. The minimum Gasteiger partial charge on any atom is -0.349 e. The summed E-state index contributed by atoms with van der Waals surface area (Å²) < 4.78 is 2.18. The summed E-state index contributed by atoms with van der Waals surface area (Å²) >= 11 is 0. The Bertz CT molecular complexity index is 625. The smallest absolute Gasteiger partial charge is 0.268 e. The maximum atomic E-state index is 11.9. The van der Waals surface area contributed by atoms with Crippen molar-refractivity contribution in [3.05, 3.63) is 35.0 Å². The van der Waals surface area contributed by atoms with Crippen LogP contribution >= 0.6 is 0 Å². The van der Waals surface area contributed by atoms with Gasteiger partial charge in [-0.1, -0.05) is 12.1 Å². The first kappa shape index (κ1) is 10.4. The van der Waals surface area contributed by atoms with E-state index in [0.29, 0.717) is 12.6 Å². The van der Waals surface area contributed by atoms with E-state index in [-0.39, 0.29) is 5.91 Å². The lowest BCUT2D eigenvalue weighted by molar-refractivity contribution is 0.0919. The minimum atomic E-state index is 0.0383. The number of carbonyl (C=O) groups is 1. The molecule has 88 valence electrons. The van der Waals surface area contributed by atoms with E-state index >= 15 is 0 Å². The molecule has 1 amide bonds. The normalized spacial score (nSPS) is 19.2. The van der Waals surface area contributed by atoms with E-state index in [1.165, 1.54) is 16.6 Å². The molecule has 3 heteroatoms. The van der Waals surface area contributed by atoms with Gasteiger partial charge in [-0.15, -0.1) is 0 Å². The van der Waals surface area contributed by atoms with E-state index in [0.717, 1.165) is 11.1 Å². The monoisotopic (exact) mass is 228 g/mol. The third-order valence-electron chi connectivity index (χ3n) is 3.76. The topological polar surface area (TPSA) is 34.0 Å². The molecule has 17 heavy (non-hydrogen) atoms. The molecule has 0 fully saturated rings. The Labute approximate surface area is 100 Å². The van der Waals surface area contributed by atoms with E-state index in [1.807, 2.05) is 6.07 Å². The Morgan fingerprint density at radius 3 is 2.88 bits per heavy atom. The molecule has 0 saturated heterocycles. The predicted octanol–water partition coefficient (Wildman–Crippen LogP) is 2.56. The van der Waals surface area contributed by atoms with Crippen LogP contribution in [0.2, 0.25) is 0 Å². The second kappa shape index (κ2) is 3.36. The molecule has 0 unspecified atom stereocenters. The zero-order valence-corrected chi connectivity index (χ0v) is 10.4. The third-order valence-corrected chi connectivity index (χ3v) is 3.76. The lowest BCUT2D eigenvalue weighted by atomic mass is 10.1. The highest BCUT2D eigenvalue weighted by atomic mass is 16.2. The molecular formula is C14H16N2O. The van der Waals surface area contributed by atoms with Crippen LogP contribution in [-0.4, -0.2) is 17.0 Å². The van der Waals surface area contributed by atoms with Crippen molar-refractivity contribution in [3.8, 4) is 0 Å². The number of aromatic nitrogens is 1. The van der Waals surface area contributed by atoms with Crippen LogP contribution in [-0.2, 0) is 0 Å². The molecule has 1 atom stereocenters. The summed E-state index contributed by atoms with van der Waals surface area (Å²) in [6.45, 7) is 7.10. The van der Waals surface area contributed by atoms with Gasteiger partial charge in [0.1, 0.15) is 5.69 Å². The van der Waals surface area contributed by atoms with Crippen molar-refractivity contribution in [1.29, 1.82) is 0 Å². The van der Waals surface area contributed by atoms with Crippen molar-refractivity contribution in [3.63, 3.8) is 0 Å². The van der Waals surface area contributed by atoms with Crippen LogP contribution in [0.15, 0.2) is 18.2 Å². The number of amides is 1. The average molecular weight is 228 g/mol. The molecule has 0 saturated carbocycles. The summed E-state index contributed by atoms with van der Waals surface area (Å²) in [4.78, 5) is 11.9. The zero-order chi connectivity index (χ0) is 12.2. The number of hydrogen-bond acceptors (Lipinski definition) is 1. The highest BCUT2D eigenvalue weighted by Gasteiger charge is 2.25. The number of nitrogens with one attached hydrogen (secondary N) is 1. The van der Waals surface area contributed by atoms with Crippen molar-refractivity contribution in [2.45, 2.75) is 26.8 Å². The van der Waals surface area contributed by atoms with Crippen LogP contribution in [0.4, 0.5) is 0 Å². The van der Waals surface area contributed by atoms with Crippen LogP contribution < -0.4 is 5.32 Å². The maximum Gasteiger partial charge on any atom is 0.268 e. The Kier molecular flexibility index (Phi) is 2.05. The second-order valence-electron chi connectivity index (χ2n) is 4.90. The Morgan fingerprint density at radius 1 is 1.35 bits per heavy atom. The van der Waals surface area contributed by atoms with Gasteiger partial charge in [-0.25, -0.2) is 0 Å². The Hall–Kier alpha value is -1.77. The quantitative estimate of drug-likeness (QED) is 0.738. The number of carbonyl (C=O) groups excluding carboxylic acids is 1. The molecular weight excluding hydrogens is 212 g/mol. The van der Waals surface area contributed by atoms with Gasteiger partial charge in [0, 0.05) is 18.0 Å². The fourth-order valence-electron chi connectivity index (χ4n) is 2.65. The van der Waals surface area contributed by atoms with Crippen LogP contribution in [0.3, 0.4) is 0 Å². The van der Waals surface area contributed by atoms with Gasteiger partial charge in [-0.2, -0.15) is 0 Å². The van der Waals surface area contributed by atoms with E-state index in [4.69, 9.17) is 0 Å². The average Bonchev–Trinajstić information content (AvgIpc) is 2.70. The van der Waals surface area contributed by atoms with Gasteiger partial charge in [0.2, 0.25) is 0 Å². The van der Waals surface area contributed by atoms with Crippen molar-refractivity contribution in [1.82, 2.24) is 9.88 Å². The molecule has 1 aliphatic rings. The van der Waals surface area contributed by atoms with Crippen molar-refractivity contribution >= 4 is 16.8 Å². The molecule has 1 aromatic carbocycles. The number of aryl methyl sites for hydroxylation is 2. The van der Waals surface area contributed by atoms with Crippen LogP contribution in [0.25, 0.3) is 10.9 Å². The van der Waals surface area contributed by atoms with E-state index in [9.17, 15) is 4.79 Å². The molecule has 0 bridgehead atoms. The van der Waals surface area contributed by atoms with Gasteiger partial charge < -0.3 is 9.88 Å². The largest absolute Gasteiger partial charge is 0.349 e. The standard InChI is InChI=1S/C14H16N2O/c1-8-4-5-11-6-12-14(17)15-7-9(2)16(12)13(11)10(8)3/h4-6,9H,7H2,1-3H3,(H,15,17)/t9-/m1/s1. The summed E-state index contributed by atoms with van der Waals surface area (Å²) in [6.07, 6.45) is 0. The molecule has 0 aliphatic carbocycles. The van der Waals surface area contributed by atoms with Gasteiger partial charge in [-0.3, -0.25) is 4.79 Å². The van der Waals surface area contributed by atoms with E-state index in [2.05, 4.69) is 42.8 Å². The van der Waals surface area contributed by atoms with Gasteiger partial charge in [0.05, 0.1) is 5.52 Å². The highest BCUT2D eigenvalue weighted by Crippen LogP contribution is 2.30. The predicted molar refractivity (Wildman–Crippen MR) is 68.5 cm³/mol. The summed E-state index contributed by atoms with van der Waals surface area (Å²) in [7, 11) is 0. The highest BCUT2D eigenvalue weighted by molar-refractivity contribution is 6.00. The van der Waals surface area contributed by atoms with Crippen molar-refractivity contribution < 1.29 is 4.79 Å². The van der Waals surface area contributed by atoms with Gasteiger partial charge in [0.15, 0.2) is 0 Å². The Balaban J connectivity index is 2.44. The van der Waals surface area contributed by atoms with E-state index < -0.39 is 0 Å². The number of benzene rings is 1. The van der Waals surface area contributed by atoms with Crippen molar-refractivity contribution in [2.75, 3.05) is 6.54 Å². The fraction of sp³-hybridized carbons (Fsp3) is 0.357. The van der Waals surface area contributed by atoms with Crippen molar-refractivity contribution in [2.24, 2.45) is 0 Å². The van der Waals surface area contributed by atoms with Gasteiger partial charge in [0.25, 0.3) is 5.91 Å². The van der Waals surface area contributed by atoms with Crippen LogP contribution in [0, 0.1) is 13.8 Å². The SMILES string of the molecule is Cc1ccc2cc3n(c2c1C)[C@H](C)CNC3=O. The molecule has 0 radical (unpaired) electrons. The molecule has 1 aliphatic heterocycles. The van der Waals surface area contributed by atoms with E-state index in [1.54, 1.807) is 0 Å². The molecule has 2 heterocycles. The van der Waals surface area contributed by atoms with Gasteiger partial charge >= 0.3 is 0 Å². The maximum absolute atomic E-state index is 11.9. The van der Waals surface area contributed by atoms with Gasteiger partial charge in [-0.05, 0) is 38.0 Å². The first-order valence-corrected chi connectivity index (χ1v) is 5.99. The Morgan fingerprint density at radius 2 is 2.12 bits per heavy atom. The molecule has 1 N–H and O–H groups in total. The minimum absolute atomic E-state index is 0.0383. The first-order chi connectivity index (χ1) is 8.09. The van der Waals surface area contributed by atoms with Crippen LogP contribution in [0.5, 0.6) is 0 Å². The number of rotatable bonds is 0. The molecule has 1 aromatic heterocycles. The summed E-state index contributed by atoms with van der Waals surface area (Å²) in [5.41, 5.74) is 4.54. The zero-order valence-electron chi connectivity index (χ0n) is 10.4. The summed E-state index contributed by atoms with van der Waals surface area (Å²) in [6, 6.07) is 6.53. The second-order valence-corrected chi connectivity index (χ2v) is 4.90.